The number of aliphatic imine (C=N–C) groups is 1. The molecule has 7 nitrogen and oxygen atoms in total. The van der Waals surface area contributed by atoms with Gasteiger partial charge in [-0.3, -0.25) is 9.89 Å². The smallest absolute Gasteiger partial charge is 0.222 e. The molecule has 0 unspecified atom stereocenters. The van der Waals surface area contributed by atoms with E-state index < -0.39 is 0 Å². The molecule has 0 aromatic carbocycles. The highest BCUT2D eigenvalue weighted by atomic mass is 16.2. The van der Waals surface area contributed by atoms with Crippen molar-refractivity contribution in [3.05, 3.63) is 18.0 Å². The lowest BCUT2D eigenvalue weighted by Gasteiger charge is -2.20. The molecular formula is C16H28N6O. The zero-order chi connectivity index (χ0) is 16.3. The molecule has 2 heterocycles. The van der Waals surface area contributed by atoms with Crippen LogP contribution in [0.2, 0.25) is 0 Å². The van der Waals surface area contributed by atoms with Gasteiger partial charge in [0.25, 0.3) is 0 Å². The lowest BCUT2D eigenvalue weighted by atomic mass is 10.2. The van der Waals surface area contributed by atoms with Crippen molar-refractivity contribution in [3.8, 4) is 0 Å². The second-order valence-corrected chi connectivity index (χ2v) is 5.75. The van der Waals surface area contributed by atoms with Crippen LogP contribution < -0.4 is 10.6 Å². The van der Waals surface area contributed by atoms with Gasteiger partial charge in [0.2, 0.25) is 5.91 Å². The molecule has 1 amide bonds. The van der Waals surface area contributed by atoms with Crippen LogP contribution >= 0.6 is 0 Å². The van der Waals surface area contributed by atoms with Crippen LogP contribution in [0.4, 0.5) is 0 Å². The van der Waals surface area contributed by atoms with E-state index in [9.17, 15) is 4.79 Å². The third-order valence-corrected chi connectivity index (χ3v) is 3.88. The van der Waals surface area contributed by atoms with Gasteiger partial charge in [-0.1, -0.05) is 6.42 Å². The number of hydrogen-bond acceptors (Lipinski definition) is 3. The Balaban J connectivity index is 1.71. The number of likely N-dealkylation sites (tertiary alicyclic amines) is 1. The normalized spacial score (nSPS) is 16.3. The zero-order valence-corrected chi connectivity index (χ0v) is 14.0. The molecule has 23 heavy (non-hydrogen) atoms. The molecule has 1 saturated heterocycles. The van der Waals surface area contributed by atoms with Gasteiger partial charge in [-0.05, 0) is 32.3 Å². The second kappa shape index (κ2) is 9.86. The Bertz CT molecular complexity index is 485. The molecule has 2 rings (SSSR count). The maximum Gasteiger partial charge on any atom is 0.222 e. The fraction of sp³-hybridized carbons (Fsp3) is 0.688. The van der Waals surface area contributed by atoms with Gasteiger partial charge in [0.1, 0.15) is 0 Å². The lowest BCUT2D eigenvalue weighted by Crippen LogP contribution is -2.39. The predicted molar refractivity (Wildman–Crippen MR) is 91.1 cm³/mol. The van der Waals surface area contributed by atoms with Crippen molar-refractivity contribution in [2.24, 2.45) is 4.99 Å². The second-order valence-electron chi connectivity index (χ2n) is 5.75. The highest BCUT2D eigenvalue weighted by Crippen LogP contribution is 2.11. The van der Waals surface area contributed by atoms with Crippen LogP contribution in [-0.4, -0.2) is 53.1 Å². The quantitative estimate of drug-likeness (QED) is 0.401. The summed E-state index contributed by atoms with van der Waals surface area (Å²) in [6.07, 6.45) is 6.71. The summed E-state index contributed by atoms with van der Waals surface area (Å²) >= 11 is 0. The molecule has 1 aromatic heterocycles. The molecule has 128 valence electrons. The number of rotatable bonds is 7. The highest BCUT2D eigenvalue weighted by molar-refractivity contribution is 5.79. The minimum Gasteiger partial charge on any atom is -0.357 e. The van der Waals surface area contributed by atoms with Gasteiger partial charge in [0.15, 0.2) is 5.96 Å². The van der Waals surface area contributed by atoms with E-state index in [1.54, 1.807) is 6.20 Å². The third kappa shape index (κ3) is 6.30. The van der Waals surface area contributed by atoms with Crippen molar-refractivity contribution < 1.29 is 4.79 Å². The van der Waals surface area contributed by atoms with Crippen LogP contribution in [0.5, 0.6) is 0 Å². The summed E-state index contributed by atoms with van der Waals surface area (Å²) in [6, 6.07) is 1.91. The van der Waals surface area contributed by atoms with E-state index in [1.807, 2.05) is 17.9 Å². The van der Waals surface area contributed by atoms with Crippen molar-refractivity contribution in [1.82, 2.24) is 25.7 Å². The molecular weight excluding hydrogens is 292 g/mol. The fourth-order valence-corrected chi connectivity index (χ4v) is 2.63. The number of nitrogens with zero attached hydrogens (tertiary/aromatic N) is 3. The number of aromatic amines is 1. The predicted octanol–water partition coefficient (Wildman–Crippen LogP) is 1.26. The first-order valence-corrected chi connectivity index (χ1v) is 8.58. The van der Waals surface area contributed by atoms with Crippen LogP contribution in [0.15, 0.2) is 17.3 Å². The number of carbonyl (C=O) groups excluding carboxylic acids is 1. The zero-order valence-electron chi connectivity index (χ0n) is 14.0. The van der Waals surface area contributed by atoms with Gasteiger partial charge in [0, 0.05) is 38.8 Å². The van der Waals surface area contributed by atoms with Crippen LogP contribution in [0.25, 0.3) is 0 Å². The summed E-state index contributed by atoms with van der Waals surface area (Å²) in [5.41, 5.74) is 0.984. The summed E-state index contributed by atoms with van der Waals surface area (Å²) in [4.78, 5) is 18.5. The summed E-state index contributed by atoms with van der Waals surface area (Å²) in [5, 5.41) is 13.4. The molecule has 0 atom stereocenters. The first-order valence-electron chi connectivity index (χ1n) is 8.58. The minimum absolute atomic E-state index is 0.308. The maximum atomic E-state index is 11.9. The van der Waals surface area contributed by atoms with E-state index in [-0.39, 0.29) is 0 Å². The summed E-state index contributed by atoms with van der Waals surface area (Å²) in [6.45, 7) is 5.97. The SMILES string of the molecule is CCNC(=NCc1ccn[nH]1)NCCCN1CCCCCC1=O. The van der Waals surface area contributed by atoms with Gasteiger partial charge in [0.05, 0.1) is 12.2 Å². The van der Waals surface area contributed by atoms with Crippen LogP contribution in [0.3, 0.4) is 0 Å². The number of nitrogens with one attached hydrogen (secondary N) is 3. The molecule has 1 aliphatic heterocycles. The molecule has 1 fully saturated rings. The van der Waals surface area contributed by atoms with E-state index >= 15 is 0 Å². The van der Waals surface area contributed by atoms with Crippen molar-refractivity contribution in [3.63, 3.8) is 0 Å². The Hall–Kier alpha value is -2.05. The monoisotopic (exact) mass is 320 g/mol. The van der Waals surface area contributed by atoms with Crippen LogP contribution in [0, 0.1) is 0 Å². The van der Waals surface area contributed by atoms with E-state index in [1.165, 1.54) is 6.42 Å². The van der Waals surface area contributed by atoms with Gasteiger partial charge < -0.3 is 15.5 Å². The average molecular weight is 320 g/mol. The standard InChI is InChI=1S/C16H28N6O/c1-2-17-16(19-13-14-8-10-20-21-14)18-9-6-12-22-11-5-3-4-7-15(22)23/h8,10H,2-7,9,11-13H2,1H3,(H,20,21)(H2,17,18,19). The third-order valence-electron chi connectivity index (χ3n) is 3.88. The molecule has 1 aliphatic rings. The van der Waals surface area contributed by atoms with Gasteiger partial charge in [-0.25, -0.2) is 4.99 Å². The van der Waals surface area contributed by atoms with E-state index in [0.29, 0.717) is 18.9 Å². The Morgan fingerprint density at radius 2 is 2.30 bits per heavy atom. The Morgan fingerprint density at radius 1 is 1.39 bits per heavy atom. The summed E-state index contributed by atoms with van der Waals surface area (Å²) in [5.74, 6) is 1.10. The molecule has 7 heteroatoms. The minimum atomic E-state index is 0.308. The Labute approximate surface area is 137 Å². The topological polar surface area (TPSA) is 85.4 Å². The molecule has 0 spiro atoms. The van der Waals surface area contributed by atoms with Gasteiger partial charge in [-0.2, -0.15) is 5.10 Å². The highest BCUT2D eigenvalue weighted by Gasteiger charge is 2.15. The summed E-state index contributed by atoms with van der Waals surface area (Å²) < 4.78 is 0. The van der Waals surface area contributed by atoms with E-state index in [4.69, 9.17) is 0 Å². The van der Waals surface area contributed by atoms with Gasteiger partial charge in [-0.15, -0.1) is 0 Å². The van der Waals surface area contributed by atoms with Gasteiger partial charge >= 0.3 is 0 Å². The number of carbonyl (C=O) groups is 1. The molecule has 1 aromatic rings. The van der Waals surface area contributed by atoms with Crippen LogP contribution in [-0.2, 0) is 11.3 Å². The molecule has 0 aliphatic carbocycles. The average Bonchev–Trinajstić information content (AvgIpc) is 2.99. The largest absolute Gasteiger partial charge is 0.357 e. The van der Waals surface area contributed by atoms with Crippen molar-refractivity contribution >= 4 is 11.9 Å². The number of guanidine groups is 1. The van der Waals surface area contributed by atoms with Crippen molar-refractivity contribution in [2.75, 3.05) is 26.2 Å². The first kappa shape index (κ1) is 17.3. The number of aromatic nitrogens is 2. The fourth-order valence-electron chi connectivity index (χ4n) is 2.63. The Kier molecular flexibility index (Phi) is 7.42. The van der Waals surface area contributed by atoms with E-state index in [0.717, 1.165) is 57.1 Å². The number of H-pyrrole nitrogens is 1. The Morgan fingerprint density at radius 3 is 3.09 bits per heavy atom. The molecule has 0 radical (unpaired) electrons. The van der Waals surface area contributed by atoms with Crippen molar-refractivity contribution in [1.29, 1.82) is 0 Å². The van der Waals surface area contributed by atoms with Crippen molar-refractivity contribution in [2.45, 2.75) is 45.6 Å². The first-order chi connectivity index (χ1) is 11.3. The maximum absolute atomic E-state index is 11.9. The summed E-state index contributed by atoms with van der Waals surface area (Å²) in [7, 11) is 0. The molecule has 0 saturated carbocycles. The number of amides is 1. The van der Waals surface area contributed by atoms with E-state index in [2.05, 4.69) is 25.8 Å². The molecule has 0 bridgehead atoms. The number of hydrogen-bond donors (Lipinski definition) is 3. The molecule has 3 N–H and O–H groups in total. The lowest BCUT2D eigenvalue weighted by molar-refractivity contribution is -0.130. The van der Waals surface area contributed by atoms with Crippen LogP contribution in [0.1, 0.15) is 44.7 Å².